The highest BCUT2D eigenvalue weighted by Crippen LogP contribution is 2.32. The van der Waals surface area contributed by atoms with Gasteiger partial charge in [-0.3, -0.25) is 4.79 Å². The van der Waals surface area contributed by atoms with E-state index in [2.05, 4.69) is 15.9 Å². The predicted octanol–water partition coefficient (Wildman–Crippen LogP) is 2.92. The van der Waals surface area contributed by atoms with Gasteiger partial charge in [-0.15, -0.1) is 0 Å². The van der Waals surface area contributed by atoms with E-state index in [1.807, 2.05) is 38.1 Å². The highest BCUT2D eigenvalue weighted by atomic mass is 79.9. The summed E-state index contributed by atoms with van der Waals surface area (Å²) in [5.74, 6) is -0.820. The van der Waals surface area contributed by atoms with Crippen LogP contribution in [-0.2, 0) is 10.2 Å². The predicted molar refractivity (Wildman–Crippen MR) is 72.0 cm³/mol. The van der Waals surface area contributed by atoms with Crippen LogP contribution >= 0.6 is 15.9 Å². The first kappa shape index (κ1) is 14.2. The Hall–Kier alpha value is -0.870. The molecule has 1 aromatic rings. The maximum Gasteiger partial charge on any atom is 0.304 e. The van der Waals surface area contributed by atoms with E-state index in [1.165, 1.54) is 0 Å². The number of carbonyl (C=O) groups is 1. The minimum atomic E-state index is -0.820. The average Bonchev–Trinajstić information content (AvgIpc) is 2.27. The Morgan fingerprint density at radius 1 is 1.47 bits per heavy atom. The molecule has 4 heteroatoms. The molecule has 0 aliphatic rings. The van der Waals surface area contributed by atoms with Crippen LogP contribution in [0.5, 0.6) is 0 Å². The number of carboxylic acid groups (broad SMARTS) is 1. The fourth-order valence-electron chi connectivity index (χ4n) is 2.04. The Morgan fingerprint density at radius 2 is 2.00 bits per heavy atom. The van der Waals surface area contributed by atoms with E-state index in [0.717, 1.165) is 16.5 Å². The zero-order valence-corrected chi connectivity index (χ0v) is 11.7. The van der Waals surface area contributed by atoms with Crippen molar-refractivity contribution >= 4 is 21.9 Å². The Kier molecular flexibility index (Phi) is 4.71. The van der Waals surface area contributed by atoms with Crippen LogP contribution in [0.15, 0.2) is 28.7 Å². The molecule has 17 heavy (non-hydrogen) atoms. The van der Waals surface area contributed by atoms with Gasteiger partial charge in [0.2, 0.25) is 0 Å². The highest BCUT2D eigenvalue weighted by Gasteiger charge is 2.34. The minimum Gasteiger partial charge on any atom is -0.481 e. The molecule has 0 radical (unpaired) electrons. The van der Waals surface area contributed by atoms with Gasteiger partial charge in [0.15, 0.2) is 0 Å². The lowest BCUT2D eigenvalue weighted by Crippen LogP contribution is -2.44. The van der Waals surface area contributed by atoms with E-state index < -0.39 is 11.4 Å². The summed E-state index contributed by atoms with van der Waals surface area (Å²) in [6.45, 7) is 3.89. The van der Waals surface area contributed by atoms with Crippen LogP contribution in [-0.4, -0.2) is 17.1 Å². The summed E-state index contributed by atoms with van der Waals surface area (Å²) < 4.78 is 0.976. The fourth-order valence-corrected chi connectivity index (χ4v) is 2.31. The number of benzene rings is 1. The molecule has 3 N–H and O–H groups in total. The van der Waals surface area contributed by atoms with Crippen molar-refractivity contribution in [3.63, 3.8) is 0 Å². The van der Waals surface area contributed by atoms with E-state index in [0.29, 0.717) is 0 Å². The topological polar surface area (TPSA) is 63.3 Å². The van der Waals surface area contributed by atoms with Gasteiger partial charge in [-0.25, -0.2) is 0 Å². The smallest absolute Gasteiger partial charge is 0.304 e. The third-order valence-electron chi connectivity index (χ3n) is 3.28. The maximum atomic E-state index is 11.0. The average molecular weight is 300 g/mol. The van der Waals surface area contributed by atoms with E-state index in [9.17, 15) is 4.79 Å². The molecule has 1 rings (SSSR count). The maximum absolute atomic E-state index is 11.0. The number of rotatable bonds is 5. The summed E-state index contributed by atoms with van der Waals surface area (Å²) in [7, 11) is 0. The van der Waals surface area contributed by atoms with Gasteiger partial charge in [0.1, 0.15) is 0 Å². The van der Waals surface area contributed by atoms with Gasteiger partial charge >= 0.3 is 5.97 Å². The number of halogens is 1. The summed E-state index contributed by atoms with van der Waals surface area (Å²) in [6.07, 6.45) is 0.795. The number of nitrogens with two attached hydrogens (primary N) is 1. The van der Waals surface area contributed by atoms with Crippen molar-refractivity contribution in [2.24, 2.45) is 5.73 Å². The number of aliphatic carboxylic acids is 1. The monoisotopic (exact) mass is 299 g/mol. The Labute approximate surface area is 110 Å². The van der Waals surface area contributed by atoms with Gasteiger partial charge < -0.3 is 10.8 Å². The second-order valence-corrected chi connectivity index (χ2v) is 5.43. The molecule has 0 fully saturated rings. The molecule has 0 saturated carbocycles. The van der Waals surface area contributed by atoms with Crippen molar-refractivity contribution in [2.45, 2.75) is 38.1 Å². The van der Waals surface area contributed by atoms with Gasteiger partial charge in [-0.05, 0) is 24.1 Å². The fraction of sp³-hybridized carbons (Fsp3) is 0.462. The summed E-state index contributed by atoms with van der Waals surface area (Å²) in [4.78, 5) is 11.0. The Bertz CT molecular complexity index is 391. The first-order chi connectivity index (χ1) is 7.90. The van der Waals surface area contributed by atoms with E-state index in [1.54, 1.807) is 0 Å². The van der Waals surface area contributed by atoms with Crippen LogP contribution in [0.4, 0.5) is 0 Å². The second-order valence-electron chi connectivity index (χ2n) is 4.51. The van der Waals surface area contributed by atoms with Crippen molar-refractivity contribution < 1.29 is 9.90 Å². The SMILES string of the molecule is CCC(N)C(C)(CC(=O)O)c1ccc(Br)cc1. The van der Waals surface area contributed by atoms with Gasteiger partial charge in [0, 0.05) is 15.9 Å². The molecule has 0 amide bonds. The molecule has 0 heterocycles. The Balaban J connectivity index is 3.13. The molecular formula is C13H18BrNO2. The zero-order chi connectivity index (χ0) is 13.1. The van der Waals surface area contributed by atoms with Gasteiger partial charge in [-0.1, -0.05) is 41.9 Å². The minimum absolute atomic E-state index is 0.0453. The molecule has 0 aliphatic carbocycles. The van der Waals surface area contributed by atoms with E-state index in [4.69, 9.17) is 10.8 Å². The molecule has 0 aromatic heterocycles. The standard InChI is InChI=1S/C13H18BrNO2/c1-3-11(15)13(2,8-12(16)17)9-4-6-10(14)7-5-9/h4-7,11H,3,8,15H2,1-2H3,(H,16,17). The number of hydrogen-bond acceptors (Lipinski definition) is 2. The van der Waals surface area contributed by atoms with E-state index >= 15 is 0 Å². The van der Waals surface area contributed by atoms with Crippen molar-refractivity contribution in [1.29, 1.82) is 0 Å². The summed E-state index contributed by atoms with van der Waals surface area (Å²) in [5.41, 5.74) is 6.54. The van der Waals surface area contributed by atoms with Crippen LogP contribution in [0.3, 0.4) is 0 Å². The first-order valence-electron chi connectivity index (χ1n) is 5.63. The first-order valence-corrected chi connectivity index (χ1v) is 6.43. The lowest BCUT2D eigenvalue weighted by Gasteiger charge is -2.34. The second kappa shape index (κ2) is 5.65. The molecule has 2 atom stereocenters. The van der Waals surface area contributed by atoms with Gasteiger partial charge in [0.05, 0.1) is 6.42 Å². The van der Waals surface area contributed by atoms with Crippen molar-refractivity contribution in [3.8, 4) is 0 Å². The largest absolute Gasteiger partial charge is 0.481 e. The molecule has 1 aromatic carbocycles. The summed E-state index contributed by atoms with van der Waals surface area (Å²) >= 11 is 3.37. The normalized spacial score (nSPS) is 16.2. The summed E-state index contributed by atoms with van der Waals surface area (Å²) in [5, 5.41) is 9.04. The van der Waals surface area contributed by atoms with Crippen LogP contribution in [0.25, 0.3) is 0 Å². The van der Waals surface area contributed by atoms with Crippen LogP contribution in [0, 0.1) is 0 Å². The van der Waals surface area contributed by atoms with E-state index in [-0.39, 0.29) is 12.5 Å². The number of carboxylic acids is 1. The molecule has 0 aliphatic heterocycles. The van der Waals surface area contributed by atoms with Gasteiger partial charge in [0.25, 0.3) is 0 Å². The lowest BCUT2D eigenvalue weighted by molar-refractivity contribution is -0.138. The number of hydrogen-bond donors (Lipinski definition) is 2. The zero-order valence-electron chi connectivity index (χ0n) is 10.1. The third kappa shape index (κ3) is 3.30. The molecule has 0 saturated heterocycles. The molecule has 3 nitrogen and oxygen atoms in total. The lowest BCUT2D eigenvalue weighted by atomic mass is 9.73. The molecule has 94 valence electrons. The quantitative estimate of drug-likeness (QED) is 0.879. The summed E-state index contributed by atoms with van der Waals surface area (Å²) in [6, 6.07) is 7.53. The van der Waals surface area contributed by atoms with Crippen LogP contribution < -0.4 is 5.73 Å². The molecular weight excluding hydrogens is 282 g/mol. The Morgan fingerprint density at radius 3 is 2.41 bits per heavy atom. The van der Waals surface area contributed by atoms with Crippen LogP contribution in [0.2, 0.25) is 0 Å². The molecule has 0 spiro atoms. The van der Waals surface area contributed by atoms with Crippen molar-refractivity contribution in [3.05, 3.63) is 34.3 Å². The third-order valence-corrected chi connectivity index (χ3v) is 3.81. The van der Waals surface area contributed by atoms with Crippen molar-refractivity contribution in [1.82, 2.24) is 0 Å². The van der Waals surface area contributed by atoms with Gasteiger partial charge in [-0.2, -0.15) is 0 Å². The van der Waals surface area contributed by atoms with Crippen LogP contribution in [0.1, 0.15) is 32.3 Å². The highest BCUT2D eigenvalue weighted by molar-refractivity contribution is 9.10. The molecule has 0 bridgehead atoms. The molecule has 2 unspecified atom stereocenters. The van der Waals surface area contributed by atoms with Crippen molar-refractivity contribution in [2.75, 3.05) is 0 Å².